The minimum absolute atomic E-state index is 0.617. The summed E-state index contributed by atoms with van der Waals surface area (Å²) in [7, 11) is 6.60. The molecule has 0 bridgehead atoms. The summed E-state index contributed by atoms with van der Waals surface area (Å²) in [6.07, 6.45) is 2.68. The third-order valence-electron chi connectivity index (χ3n) is 4.21. The summed E-state index contributed by atoms with van der Waals surface area (Å²) in [5.74, 6) is 0.892. The SMILES string of the molecule is CC(C(C)N(C)CC1CCNCC1)N(C)C. The van der Waals surface area contributed by atoms with E-state index >= 15 is 0 Å². The van der Waals surface area contributed by atoms with Crippen LogP contribution in [0.1, 0.15) is 26.7 Å². The zero-order valence-corrected chi connectivity index (χ0v) is 11.7. The molecule has 3 heteroatoms. The topological polar surface area (TPSA) is 18.5 Å². The van der Waals surface area contributed by atoms with Crippen molar-refractivity contribution in [3.63, 3.8) is 0 Å². The van der Waals surface area contributed by atoms with Crippen molar-refractivity contribution in [3.05, 3.63) is 0 Å². The first-order valence-electron chi connectivity index (χ1n) is 6.59. The average molecular weight is 227 g/mol. The number of likely N-dealkylation sites (N-methyl/N-ethyl adjacent to an activating group) is 2. The van der Waals surface area contributed by atoms with Gasteiger partial charge in [-0.3, -0.25) is 0 Å². The minimum atomic E-state index is 0.617. The van der Waals surface area contributed by atoms with Gasteiger partial charge in [-0.1, -0.05) is 0 Å². The van der Waals surface area contributed by atoms with Crippen LogP contribution in [0.3, 0.4) is 0 Å². The zero-order valence-electron chi connectivity index (χ0n) is 11.7. The van der Waals surface area contributed by atoms with E-state index in [-0.39, 0.29) is 0 Å². The van der Waals surface area contributed by atoms with E-state index < -0.39 is 0 Å². The minimum Gasteiger partial charge on any atom is -0.317 e. The van der Waals surface area contributed by atoms with Crippen molar-refractivity contribution in [1.82, 2.24) is 15.1 Å². The van der Waals surface area contributed by atoms with Crippen molar-refractivity contribution in [2.45, 2.75) is 38.8 Å². The Labute approximate surface area is 101 Å². The van der Waals surface area contributed by atoms with Crippen molar-refractivity contribution in [3.8, 4) is 0 Å². The number of rotatable bonds is 5. The summed E-state index contributed by atoms with van der Waals surface area (Å²) in [5.41, 5.74) is 0. The van der Waals surface area contributed by atoms with Gasteiger partial charge in [0.1, 0.15) is 0 Å². The maximum atomic E-state index is 3.43. The van der Waals surface area contributed by atoms with E-state index in [1.807, 2.05) is 0 Å². The fourth-order valence-electron chi connectivity index (χ4n) is 2.44. The second-order valence-corrected chi connectivity index (χ2v) is 5.58. The molecule has 0 aromatic rings. The zero-order chi connectivity index (χ0) is 12.1. The third-order valence-corrected chi connectivity index (χ3v) is 4.21. The molecule has 1 aliphatic rings. The number of piperidine rings is 1. The maximum absolute atomic E-state index is 3.43. The van der Waals surface area contributed by atoms with Crippen molar-refractivity contribution in [2.24, 2.45) is 5.92 Å². The van der Waals surface area contributed by atoms with Crippen molar-refractivity contribution in [2.75, 3.05) is 40.8 Å². The molecular weight excluding hydrogens is 198 g/mol. The Balaban J connectivity index is 2.35. The Morgan fingerprint density at radius 1 is 1.06 bits per heavy atom. The highest BCUT2D eigenvalue weighted by Crippen LogP contribution is 2.15. The van der Waals surface area contributed by atoms with Gasteiger partial charge in [-0.2, -0.15) is 0 Å². The molecule has 1 rings (SSSR count). The van der Waals surface area contributed by atoms with Crippen LogP contribution in [0.2, 0.25) is 0 Å². The molecule has 0 spiro atoms. The fraction of sp³-hybridized carbons (Fsp3) is 1.00. The summed E-state index contributed by atoms with van der Waals surface area (Å²) in [5, 5.41) is 3.43. The first-order valence-corrected chi connectivity index (χ1v) is 6.59. The van der Waals surface area contributed by atoms with Crippen LogP contribution in [0.4, 0.5) is 0 Å². The second-order valence-electron chi connectivity index (χ2n) is 5.58. The molecule has 0 radical (unpaired) electrons. The standard InChI is InChI=1S/C13H29N3/c1-11(15(3)4)12(2)16(5)10-13-6-8-14-9-7-13/h11-14H,6-10H2,1-5H3. The molecule has 3 nitrogen and oxygen atoms in total. The van der Waals surface area contributed by atoms with Gasteiger partial charge in [0, 0.05) is 18.6 Å². The van der Waals surface area contributed by atoms with E-state index in [1.54, 1.807) is 0 Å². The van der Waals surface area contributed by atoms with Gasteiger partial charge in [0.25, 0.3) is 0 Å². The highest BCUT2D eigenvalue weighted by atomic mass is 15.2. The first-order chi connectivity index (χ1) is 7.52. The lowest BCUT2D eigenvalue weighted by Gasteiger charge is -2.36. The molecule has 2 atom stereocenters. The molecule has 1 N–H and O–H groups in total. The van der Waals surface area contributed by atoms with Crippen molar-refractivity contribution in [1.29, 1.82) is 0 Å². The van der Waals surface area contributed by atoms with E-state index in [2.05, 4.69) is 50.1 Å². The molecule has 0 aromatic carbocycles. The lowest BCUT2D eigenvalue weighted by atomic mass is 9.96. The molecule has 1 heterocycles. The molecule has 2 unspecified atom stereocenters. The summed E-state index contributed by atoms with van der Waals surface area (Å²) in [6.45, 7) is 8.31. The monoisotopic (exact) mass is 227 g/mol. The number of hydrogen-bond acceptors (Lipinski definition) is 3. The van der Waals surface area contributed by atoms with Crippen LogP contribution >= 0.6 is 0 Å². The number of hydrogen-bond donors (Lipinski definition) is 1. The van der Waals surface area contributed by atoms with Gasteiger partial charge < -0.3 is 15.1 Å². The molecule has 0 saturated carbocycles. The average Bonchev–Trinajstić information content (AvgIpc) is 2.28. The molecule has 96 valence electrons. The van der Waals surface area contributed by atoms with Gasteiger partial charge in [0.15, 0.2) is 0 Å². The molecule has 1 aliphatic heterocycles. The normalized spacial score (nSPS) is 22.7. The third kappa shape index (κ3) is 4.04. The Bertz CT molecular complexity index is 188. The predicted octanol–water partition coefficient (Wildman–Crippen LogP) is 1.26. The van der Waals surface area contributed by atoms with Gasteiger partial charge >= 0.3 is 0 Å². The second kappa shape index (κ2) is 6.58. The maximum Gasteiger partial charge on any atom is 0.0217 e. The predicted molar refractivity (Wildman–Crippen MR) is 70.8 cm³/mol. The largest absolute Gasteiger partial charge is 0.317 e. The van der Waals surface area contributed by atoms with Gasteiger partial charge in [0.05, 0.1) is 0 Å². The number of nitrogens with zero attached hydrogens (tertiary/aromatic N) is 2. The lowest BCUT2D eigenvalue weighted by Crippen LogP contribution is -2.47. The van der Waals surface area contributed by atoms with Crippen LogP contribution < -0.4 is 5.32 Å². The Morgan fingerprint density at radius 2 is 1.62 bits per heavy atom. The molecule has 16 heavy (non-hydrogen) atoms. The highest BCUT2D eigenvalue weighted by molar-refractivity contribution is 4.79. The summed E-state index contributed by atoms with van der Waals surface area (Å²) >= 11 is 0. The van der Waals surface area contributed by atoms with Gasteiger partial charge in [0.2, 0.25) is 0 Å². The summed E-state index contributed by atoms with van der Waals surface area (Å²) < 4.78 is 0. The van der Waals surface area contributed by atoms with E-state index in [4.69, 9.17) is 0 Å². The molecule has 0 aliphatic carbocycles. The van der Waals surface area contributed by atoms with Gasteiger partial charge in [-0.05, 0) is 66.8 Å². The summed E-state index contributed by atoms with van der Waals surface area (Å²) in [4.78, 5) is 4.84. The summed E-state index contributed by atoms with van der Waals surface area (Å²) in [6, 6.07) is 1.25. The Kier molecular flexibility index (Phi) is 5.73. The number of nitrogens with one attached hydrogen (secondary N) is 1. The Hall–Kier alpha value is -0.120. The quantitative estimate of drug-likeness (QED) is 0.763. The van der Waals surface area contributed by atoms with Crippen LogP contribution in [0.15, 0.2) is 0 Å². The van der Waals surface area contributed by atoms with Crippen molar-refractivity contribution >= 4 is 0 Å². The molecule has 0 amide bonds. The van der Waals surface area contributed by atoms with E-state index in [0.29, 0.717) is 12.1 Å². The lowest BCUT2D eigenvalue weighted by molar-refractivity contribution is 0.128. The van der Waals surface area contributed by atoms with Crippen molar-refractivity contribution < 1.29 is 0 Å². The molecule has 0 aromatic heterocycles. The molecule has 1 fully saturated rings. The van der Waals surface area contributed by atoms with E-state index in [0.717, 1.165) is 5.92 Å². The molecule has 1 saturated heterocycles. The van der Waals surface area contributed by atoms with Crippen LogP contribution in [-0.2, 0) is 0 Å². The van der Waals surface area contributed by atoms with Gasteiger partial charge in [-0.15, -0.1) is 0 Å². The first kappa shape index (κ1) is 13.9. The highest BCUT2D eigenvalue weighted by Gasteiger charge is 2.22. The van der Waals surface area contributed by atoms with Gasteiger partial charge in [-0.25, -0.2) is 0 Å². The molecular formula is C13H29N3. The van der Waals surface area contributed by atoms with E-state index in [1.165, 1.54) is 32.5 Å². The Morgan fingerprint density at radius 3 is 2.12 bits per heavy atom. The van der Waals surface area contributed by atoms with Crippen LogP contribution in [0.5, 0.6) is 0 Å². The van der Waals surface area contributed by atoms with Crippen LogP contribution in [0.25, 0.3) is 0 Å². The van der Waals surface area contributed by atoms with Crippen LogP contribution in [-0.4, -0.2) is 62.7 Å². The smallest absolute Gasteiger partial charge is 0.0217 e. The fourth-order valence-corrected chi connectivity index (χ4v) is 2.44. The van der Waals surface area contributed by atoms with E-state index in [9.17, 15) is 0 Å². The van der Waals surface area contributed by atoms with Crippen LogP contribution in [0, 0.1) is 5.92 Å².